The molecule has 84 valence electrons. The van der Waals surface area contributed by atoms with E-state index in [9.17, 15) is 0 Å². The molecule has 0 aliphatic carbocycles. The van der Waals surface area contributed by atoms with Gasteiger partial charge in [-0.3, -0.25) is 0 Å². The van der Waals surface area contributed by atoms with Crippen LogP contribution in [0.3, 0.4) is 0 Å². The van der Waals surface area contributed by atoms with Gasteiger partial charge in [0, 0.05) is 0 Å². The molecular weight excluding hydrogens is 184 g/mol. The van der Waals surface area contributed by atoms with Crippen LogP contribution in [0.1, 0.15) is 0 Å². The Balaban J connectivity index is 0.000000206. The number of rotatable bonds is 0. The second-order valence-electron chi connectivity index (χ2n) is 2.45. The first-order chi connectivity index (χ1) is 7.00. The van der Waals surface area contributed by atoms with Crippen LogP contribution in [-0.4, -0.2) is 52.9 Å². The summed E-state index contributed by atoms with van der Waals surface area (Å²) < 4.78 is 19.8. The Kier molecular flexibility index (Phi) is 12.2. The minimum absolute atomic E-state index is 0.778. The molecular formula is C10H20O4. The van der Waals surface area contributed by atoms with Gasteiger partial charge in [0.1, 0.15) is 0 Å². The van der Waals surface area contributed by atoms with Gasteiger partial charge in [-0.25, -0.2) is 0 Å². The zero-order valence-electron chi connectivity index (χ0n) is 8.70. The van der Waals surface area contributed by atoms with E-state index in [4.69, 9.17) is 18.9 Å². The third-order valence-corrected chi connectivity index (χ3v) is 1.49. The third kappa shape index (κ3) is 9.67. The Morgan fingerprint density at radius 3 is 0.643 bits per heavy atom. The minimum Gasteiger partial charge on any atom is -0.377 e. The average Bonchev–Trinajstić information content (AvgIpc) is 2.37. The molecule has 4 heteroatoms. The lowest BCUT2D eigenvalue weighted by Gasteiger charge is -2.09. The summed E-state index contributed by atoms with van der Waals surface area (Å²) in [5.74, 6) is 0. The molecule has 0 aromatic rings. The Labute approximate surface area is 85.8 Å². The standard InChI is InChI=1S/2C4H8O2.C2H4/c2*1-2-6-4-3-5-1;1-2/h2*1-4H2;1-2H2. The Bertz CT molecular complexity index is 65.3. The molecule has 2 aliphatic heterocycles. The van der Waals surface area contributed by atoms with Crippen LogP contribution in [0.25, 0.3) is 0 Å². The summed E-state index contributed by atoms with van der Waals surface area (Å²) in [6.07, 6.45) is 0. The highest BCUT2D eigenvalue weighted by molar-refractivity contribution is 4.37. The molecule has 0 atom stereocenters. The Hall–Kier alpha value is -0.420. The van der Waals surface area contributed by atoms with Crippen LogP contribution in [0.2, 0.25) is 0 Å². The second kappa shape index (κ2) is 12.6. The summed E-state index contributed by atoms with van der Waals surface area (Å²) in [6.45, 7) is 12.2. The van der Waals surface area contributed by atoms with Crippen molar-refractivity contribution in [1.82, 2.24) is 0 Å². The maximum Gasteiger partial charge on any atom is 0.0701 e. The van der Waals surface area contributed by atoms with E-state index in [0.717, 1.165) is 52.9 Å². The van der Waals surface area contributed by atoms with E-state index in [1.54, 1.807) is 0 Å². The van der Waals surface area contributed by atoms with Gasteiger partial charge < -0.3 is 18.9 Å². The average molecular weight is 204 g/mol. The van der Waals surface area contributed by atoms with Gasteiger partial charge in [-0.1, -0.05) is 0 Å². The predicted octanol–water partition coefficient (Wildman–Crippen LogP) is 0.869. The van der Waals surface area contributed by atoms with Crippen LogP contribution >= 0.6 is 0 Å². The first-order valence-corrected chi connectivity index (χ1v) is 4.81. The molecule has 2 saturated heterocycles. The van der Waals surface area contributed by atoms with Gasteiger partial charge in [-0.15, -0.1) is 13.2 Å². The van der Waals surface area contributed by atoms with Gasteiger partial charge in [-0.05, 0) is 0 Å². The zero-order chi connectivity index (χ0) is 10.5. The lowest BCUT2D eigenvalue weighted by atomic mass is 10.6. The second-order valence-corrected chi connectivity index (χ2v) is 2.45. The van der Waals surface area contributed by atoms with E-state index < -0.39 is 0 Å². The van der Waals surface area contributed by atoms with Gasteiger partial charge in [-0.2, -0.15) is 0 Å². The smallest absolute Gasteiger partial charge is 0.0701 e. The molecule has 2 aliphatic rings. The van der Waals surface area contributed by atoms with Crippen molar-refractivity contribution in [2.75, 3.05) is 52.9 Å². The van der Waals surface area contributed by atoms with Crippen LogP contribution in [0.15, 0.2) is 13.2 Å². The summed E-state index contributed by atoms with van der Waals surface area (Å²) in [5, 5.41) is 0. The van der Waals surface area contributed by atoms with Gasteiger partial charge in [0.25, 0.3) is 0 Å². The normalized spacial score (nSPS) is 20.9. The van der Waals surface area contributed by atoms with Gasteiger partial charge in [0.2, 0.25) is 0 Å². The molecule has 0 saturated carbocycles. The zero-order valence-corrected chi connectivity index (χ0v) is 8.70. The largest absolute Gasteiger partial charge is 0.377 e. The minimum atomic E-state index is 0.778. The molecule has 0 spiro atoms. The van der Waals surface area contributed by atoms with Crippen LogP contribution in [-0.2, 0) is 18.9 Å². The monoisotopic (exact) mass is 204 g/mol. The molecule has 0 unspecified atom stereocenters. The van der Waals surface area contributed by atoms with Gasteiger partial charge in [0.15, 0.2) is 0 Å². The molecule has 0 aromatic heterocycles. The molecule has 0 N–H and O–H groups in total. The van der Waals surface area contributed by atoms with Crippen LogP contribution in [0, 0.1) is 0 Å². The molecule has 14 heavy (non-hydrogen) atoms. The van der Waals surface area contributed by atoms with E-state index in [1.165, 1.54) is 0 Å². The van der Waals surface area contributed by atoms with E-state index >= 15 is 0 Å². The highest BCUT2D eigenvalue weighted by atomic mass is 16.6. The van der Waals surface area contributed by atoms with Crippen molar-refractivity contribution in [3.05, 3.63) is 13.2 Å². The Morgan fingerprint density at radius 2 is 0.571 bits per heavy atom. The van der Waals surface area contributed by atoms with Crippen molar-refractivity contribution in [3.63, 3.8) is 0 Å². The fourth-order valence-corrected chi connectivity index (χ4v) is 0.880. The van der Waals surface area contributed by atoms with Crippen LogP contribution < -0.4 is 0 Å². The Morgan fingerprint density at radius 1 is 0.429 bits per heavy atom. The lowest BCUT2D eigenvalue weighted by Crippen LogP contribution is -2.16. The van der Waals surface area contributed by atoms with Crippen LogP contribution in [0.4, 0.5) is 0 Å². The van der Waals surface area contributed by atoms with Crippen molar-refractivity contribution in [2.45, 2.75) is 0 Å². The summed E-state index contributed by atoms with van der Waals surface area (Å²) >= 11 is 0. The van der Waals surface area contributed by atoms with E-state index in [0.29, 0.717) is 0 Å². The van der Waals surface area contributed by atoms with Crippen molar-refractivity contribution < 1.29 is 18.9 Å². The third-order valence-electron chi connectivity index (χ3n) is 1.49. The number of ether oxygens (including phenoxy) is 4. The fraction of sp³-hybridized carbons (Fsp3) is 0.800. The van der Waals surface area contributed by atoms with Gasteiger partial charge in [0.05, 0.1) is 52.9 Å². The van der Waals surface area contributed by atoms with E-state index in [-0.39, 0.29) is 0 Å². The SMILES string of the molecule is C1COCCO1.C1COCCO1.C=C. The van der Waals surface area contributed by atoms with Crippen molar-refractivity contribution in [1.29, 1.82) is 0 Å². The van der Waals surface area contributed by atoms with E-state index in [1.807, 2.05) is 0 Å². The van der Waals surface area contributed by atoms with Gasteiger partial charge >= 0.3 is 0 Å². The summed E-state index contributed by atoms with van der Waals surface area (Å²) in [5.41, 5.74) is 0. The molecule has 2 heterocycles. The summed E-state index contributed by atoms with van der Waals surface area (Å²) in [4.78, 5) is 0. The summed E-state index contributed by atoms with van der Waals surface area (Å²) in [7, 11) is 0. The first kappa shape index (κ1) is 13.6. The molecule has 2 rings (SSSR count). The molecule has 0 bridgehead atoms. The van der Waals surface area contributed by atoms with Crippen molar-refractivity contribution in [2.24, 2.45) is 0 Å². The topological polar surface area (TPSA) is 36.9 Å². The lowest BCUT2D eigenvalue weighted by molar-refractivity contribution is -0.0334. The molecule has 0 amide bonds. The molecule has 2 fully saturated rings. The van der Waals surface area contributed by atoms with Crippen LogP contribution in [0.5, 0.6) is 0 Å². The molecule has 4 nitrogen and oxygen atoms in total. The maximum absolute atomic E-state index is 4.94. The highest BCUT2D eigenvalue weighted by Gasteiger charge is 1.94. The number of hydrogen-bond donors (Lipinski definition) is 0. The highest BCUT2D eigenvalue weighted by Crippen LogP contribution is 1.85. The summed E-state index contributed by atoms with van der Waals surface area (Å²) in [6, 6.07) is 0. The fourth-order valence-electron chi connectivity index (χ4n) is 0.880. The molecule has 0 aromatic carbocycles. The predicted molar refractivity (Wildman–Crippen MR) is 54.5 cm³/mol. The van der Waals surface area contributed by atoms with E-state index in [2.05, 4.69) is 13.2 Å². The van der Waals surface area contributed by atoms with Crippen molar-refractivity contribution in [3.8, 4) is 0 Å². The van der Waals surface area contributed by atoms with Crippen molar-refractivity contribution >= 4 is 0 Å². The quantitative estimate of drug-likeness (QED) is 0.549. The first-order valence-electron chi connectivity index (χ1n) is 4.81. The maximum atomic E-state index is 4.94. The molecule has 0 radical (unpaired) electrons. The number of hydrogen-bond acceptors (Lipinski definition) is 4.